The molecule has 1 aromatic rings. The van der Waals surface area contributed by atoms with Crippen LogP contribution in [0.4, 0.5) is 14.5 Å². The lowest BCUT2D eigenvalue weighted by molar-refractivity contribution is -0.127. The van der Waals surface area contributed by atoms with Crippen molar-refractivity contribution < 1.29 is 13.6 Å². The average Bonchev–Trinajstić information content (AvgIpc) is 2.72. The Morgan fingerprint density at radius 3 is 2.37 bits per heavy atom. The van der Waals surface area contributed by atoms with Crippen LogP contribution in [0.2, 0.25) is 0 Å². The molecule has 1 heterocycles. The number of nitriles is 1. The minimum absolute atomic E-state index is 0.0623. The maximum absolute atomic E-state index is 13.4. The Morgan fingerprint density at radius 1 is 1.23 bits per heavy atom. The first-order chi connectivity index (χ1) is 14.3. The molecule has 1 fully saturated rings. The van der Waals surface area contributed by atoms with Crippen LogP contribution in [-0.4, -0.2) is 47.7 Å². The van der Waals surface area contributed by atoms with Gasteiger partial charge in [-0.25, -0.2) is 13.8 Å². The molecule has 0 aromatic heterocycles. The van der Waals surface area contributed by atoms with E-state index in [0.29, 0.717) is 43.4 Å². The molecule has 0 saturated carbocycles. The number of nitrogens with zero attached hydrogens (tertiary/aromatic N) is 4. The second-order valence-electron chi connectivity index (χ2n) is 6.78. The van der Waals surface area contributed by atoms with Crippen molar-refractivity contribution in [2.24, 2.45) is 4.99 Å². The molecule has 2 rings (SSSR count). The summed E-state index contributed by atoms with van der Waals surface area (Å²) in [7, 11) is 0. The third-order valence-electron chi connectivity index (χ3n) is 4.49. The normalized spacial score (nSPS) is 15.5. The zero-order chi connectivity index (χ0) is 22.1. The summed E-state index contributed by atoms with van der Waals surface area (Å²) in [5.41, 5.74) is 1.08. The SMILES string of the molecule is C=C(Nc1ccc(C(C)(F)F)cc1)C(=N/C=C\C)N1CCN(C(=O)/C=C/C#N)CC1. The molecular weight excluding hydrogens is 388 g/mol. The molecule has 0 bridgehead atoms. The van der Waals surface area contributed by atoms with Gasteiger partial charge in [0.2, 0.25) is 5.91 Å². The van der Waals surface area contributed by atoms with E-state index in [0.717, 1.165) is 6.92 Å². The van der Waals surface area contributed by atoms with Crippen LogP contribution in [0, 0.1) is 11.3 Å². The predicted molar refractivity (Wildman–Crippen MR) is 114 cm³/mol. The molecular formula is C22H25F2N5O. The third kappa shape index (κ3) is 6.27. The summed E-state index contributed by atoms with van der Waals surface area (Å²) in [6, 6.07) is 7.70. The number of benzene rings is 1. The summed E-state index contributed by atoms with van der Waals surface area (Å²) in [5.74, 6) is -2.49. The Labute approximate surface area is 175 Å². The van der Waals surface area contributed by atoms with E-state index in [-0.39, 0.29) is 11.5 Å². The largest absolute Gasteiger partial charge is 0.353 e. The van der Waals surface area contributed by atoms with Gasteiger partial charge in [-0.2, -0.15) is 5.26 Å². The van der Waals surface area contributed by atoms with Crippen LogP contribution in [0.1, 0.15) is 19.4 Å². The summed E-state index contributed by atoms with van der Waals surface area (Å²) in [6.07, 6.45) is 5.86. The molecule has 0 aliphatic carbocycles. The number of hydrogen-bond acceptors (Lipinski definition) is 4. The highest BCUT2D eigenvalue weighted by molar-refractivity contribution is 6.00. The number of amidine groups is 1. The van der Waals surface area contributed by atoms with Crippen LogP contribution in [0.5, 0.6) is 0 Å². The fourth-order valence-corrected chi connectivity index (χ4v) is 2.92. The Balaban J connectivity index is 2.07. The topological polar surface area (TPSA) is 71.7 Å². The van der Waals surface area contributed by atoms with Gasteiger partial charge in [0.15, 0.2) is 5.84 Å². The number of alkyl halides is 2. The summed E-state index contributed by atoms with van der Waals surface area (Å²) >= 11 is 0. The number of allylic oxidation sites excluding steroid dienone is 2. The molecule has 0 unspecified atom stereocenters. The van der Waals surface area contributed by atoms with Crippen molar-refractivity contribution in [2.45, 2.75) is 19.8 Å². The maximum Gasteiger partial charge on any atom is 0.270 e. The molecule has 8 heteroatoms. The van der Waals surface area contributed by atoms with E-state index >= 15 is 0 Å². The van der Waals surface area contributed by atoms with E-state index in [2.05, 4.69) is 16.9 Å². The smallest absolute Gasteiger partial charge is 0.270 e. The van der Waals surface area contributed by atoms with Gasteiger partial charge in [0.05, 0.1) is 11.8 Å². The number of nitrogens with one attached hydrogen (secondary N) is 1. The van der Waals surface area contributed by atoms with E-state index in [1.165, 1.54) is 24.3 Å². The van der Waals surface area contributed by atoms with Gasteiger partial charge in [-0.3, -0.25) is 4.79 Å². The zero-order valence-corrected chi connectivity index (χ0v) is 17.1. The lowest BCUT2D eigenvalue weighted by Gasteiger charge is -2.36. The monoisotopic (exact) mass is 413 g/mol. The molecule has 1 N–H and O–H groups in total. The second-order valence-corrected chi connectivity index (χ2v) is 6.78. The van der Waals surface area contributed by atoms with Crippen LogP contribution in [0.15, 0.2) is 66.0 Å². The Kier molecular flexibility index (Phi) is 7.87. The standard InChI is InChI=1S/C22H25F2N5O/c1-4-12-26-21(29-15-13-28(14-16-29)20(30)6-5-11-25)17(2)27-19-9-7-18(8-10-19)22(3,23)24/h4-10,12,27H,2,13-16H2,1,3H3/b6-5+,12-4-,26-21?. The van der Waals surface area contributed by atoms with E-state index < -0.39 is 5.92 Å². The van der Waals surface area contributed by atoms with Crippen molar-refractivity contribution in [3.63, 3.8) is 0 Å². The minimum atomic E-state index is -2.90. The number of halogens is 2. The molecule has 1 saturated heterocycles. The van der Waals surface area contributed by atoms with Crippen LogP contribution in [0.25, 0.3) is 0 Å². The summed E-state index contributed by atoms with van der Waals surface area (Å²) < 4.78 is 26.8. The number of anilines is 1. The quantitative estimate of drug-likeness (QED) is 0.333. The molecule has 1 amide bonds. The van der Waals surface area contributed by atoms with Gasteiger partial charge in [0.1, 0.15) is 0 Å². The lowest BCUT2D eigenvalue weighted by Crippen LogP contribution is -2.51. The number of rotatable bonds is 6. The van der Waals surface area contributed by atoms with Crippen molar-refractivity contribution >= 4 is 17.4 Å². The fourth-order valence-electron chi connectivity index (χ4n) is 2.92. The highest BCUT2D eigenvalue weighted by Gasteiger charge is 2.25. The number of amides is 1. The minimum Gasteiger partial charge on any atom is -0.353 e. The number of carbonyl (C=O) groups excluding carboxylic acids is 1. The van der Waals surface area contributed by atoms with Gasteiger partial charge >= 0.3 is 0 Å². The lowest BCUT2D eigenvalue weighted by atomic mass is 10.1. The number of aliphatic imine (C=N–C) groups is 1. The Hall–Kier alpha value is -3.47. The first kappa shape index (κ1) is 22.8. The first-order valence-corrected chi connectivity index (χ1v) is 9.50. The third-order valence-corrected chi connectivity index (χ3v) is 4.49. The maximum atomic E-state index is 13.4. The molecule has 6 nitrogen and oxygen atoms in total. The first-order valence-electron chi connectivity index (χ1n) is 9.50. The highest BCUT2D eigenvalue weighted by Crippen LogP contribution is 2.28. The van der Waals surface area contributed by atoms with Gasteiger partial charge in [0, 0.05) is 62.7 Å². The van der Waals surface area contributed by atoms with Crippen molar-refractivity contribution in [3.8, 4) is 6.07 Å². The van der Waals surface area contributed by atoms with Crippen molar-refractivity contribution in [2.75, 3.05) is 31.5 Å². The van der Waals surface area contributed by atoms with Crippen LogP contribution in [-0.2, 0) is 10.7 Å². The number of hydrogen-bond donors (Lipinski definition) is 1. The van der Waals surface area contributed by atoms with E-state index in [4.69, 9.17) is 5.26 Å². The molecule has 1 aliphatic heterocycles. The van der Waals surface area contributed by atoms with Crippen LogP contribution < -0.4 is 5.32 Å². The molecule has 1 aromatic carbocycles. The fraction of sp³-hybridized carbons (Fsp3) is 0.318. The molecule has 158 valence electrons. The van der Waals surface area contributed by atoms with E-state index in [1.54, 1.807) is 29.3 Å². The van der Waals surface area contributed by atoms with Crippen molar-refractivity contribution in [1.29, 1.82) is 5.26 Å². The summed E-state index contributed by atoms with van der Waals surface area (Å²) in [6.45, 7) is 8.81. The zero-order valence-electron chi connectivity index (χ0n) is 17.1. The number of piperazine rings is 1. The molecule has 0 spiro atoms. The van der Waals surface area contributed by atoms with E-state index in [9.17, 15) is 13.6 Å². The van der Waals surface area contributed by atoms with E-state index in [1.807, 2.05) is 17.9 Å². The van der Waals surface area contributed by atoms with Crippen LogP contribution in [0.3, 0.4) is 0 Å². The van der Waals surface area contributed by atoms with Gasteiger partial charge < -0.3 is 15.1 Å². The van der Waals surface area contributed by atoms with Gasteiger partial charge in [-0.1, -0.05) is 24.8 Å². The van der Waals surface area contributed by atoms with Gasteiger partial charge in [-0.15, -0.1) is 0 Å². The Morgan fingerprint density at radius 2 is 1.83 bits per heavy atom. The second kappa shape index (κ2) is 10.3. The molecule has 0 radical (unpaired) electrons. The molecule has 30 heavy (non-hydrogen) atoms. The highest BCUT2D eigenvalue weighted by atomic mass is 19.3. The van der Waals surface area contributed by atoms with Gasteiger partial charge in [-0.05, 0) is 19.1 Å². The molecule has 0 atom stereocenters. The summed E-state index contributed by atoms with van der Waals surface area (Å²) in [4.78, 5) is 20.1. The van der Waals surface area contributed by atoms with Crippen LogP contribution >= 0.6 is 0 Å². The predicted octanol–water partition coefficient (Wildman–Crippen LogP) is 3.88. The average molecular weight is 413 g/mol. The molecule has 1 aliphatic rings. The van der Waals surface area contributed by atoms with Crippen molar-refractivity contribution in [3.05, 3.63) is 66.5 Å². The number of carbonyl (C=O) groups is 1. The Bertz CT molecular complexity index is 884. The van der Waals surface area contributed by atoms with Gasteiger partial charge in [0.25, 0.3) is 5.92 Å². The van der Waals surface area contributed by atoms with Crippen molar-refractivity contribution in [1.82, 2.24) is 9.80 Å². The summed E-state index contributed by atoms with van der Waals surface area (Å²) in [5, 5.41) is 11.7.